The molecule has 3 aliphatic heterocycles. The van der Waals surface area contributed by atoms with Crippen molar-refractivity contribution in [2.24, 2.45) is 0 Å². The first-order valence-corrected chi connectivity index (χ1v) is 41.8. The average Bonchev–Trinajstić information content (AvgIpc) is 0.766. The van der Waals surface area contributed by atoms with Crippen molar-refractivity contribution in [3.63, 3.8) is 0 Å². The summed E-state index contributed by atoms with van der Waals surface area (Å²) in [5.74, 6) is 10.8. The topological polar surface area (TPSA) is 153 Å². The van der Waals surface area contributed by atoms with E-state index in [0.29, 0.717) is 52.4 Å². The lowest BCUT2D eigenvalue weighted by Crippen LogP contribution is -2.15. The van der Waals surface area contributed by atoms with Crippen molar-refractivity contribution < 1.29 is 14.2 Å². The Hall–Kier alpha value is -15.9. The summed E-state index contributed by atoms with van der Waals surface area (Å²) in [7, 11) is 0. The standard InChI is InChI=1S/2C37H30N4O.C35H26N4O/c1-23-13-15-28(21-25(23)3)36-38-35(39-37(40-36)29-16-14-24(2)26(4)22-29)27-17-19-30(20-18-27)41-31-9-5-7-11-33(31)42-34-12-8-6-10-32(34)41;1-3-25-13-17-27(18-14-25)35-38-36(28-19-15-26(4-2)16-20-28)40-37(39-35)29-21-23-30(24-22-29)41-31-9-5-7-11-33(31)42-34-12-8-6-10-32(34)41;1-23-11-15-25(16-12-23)33-36-34(26-17-13-24(2)14-18-26)38-35(37-33)27-19-21-28(22-20-27)39-29-7-3-5-9-31(29)40-32-10-6-4-8-30(32)39/h5-22H,1-4H3;5-24H,3-4H2,1-2H3;3-22H,1-2H3. The third-order valence-corrected chi connectivity index (χ3v) is 22.7. The zero-order valence-electron chi connectivity index (χ0n) is 70.0. The van der Waals surface area contributed by atoms with Gasteiger partial charge in [0.2, 0.25) is 0 Å². The highest BCUT2D eigenvalue weighted by atomic mass is 16.5. The average molecular weight is 1610 g/mol. The third-order valence-electron chi connectivity index (χ3n) is 22.7. The smallest absolute Gasteiger partial charge is 0.164 e. The molecule has 0 bridgehead atoms. The number of aryl methyl sites for hydroxylation is 8. The monoisotopic (exact) mass is 1610 g/mol. The van der Waals surface area contributed by atoms with E-state index in [-0.39, 0.29) is 0 Å². The molecule has 21 rings (SSSR count). The minimum absolute atomic E-state index is 0.635. The lowest BCUT2D eigenvalue weighted by molar-refractivity contribution is 0.477. The Balaban J connectivity index is 0.000000122. The maximum Gasteiger partial charge on any atom is 0.164 e. The van der Waals surface area contributed by atoms with Crippen LogP contribution in [0.25, 0.3) is 102 Å². The van der Waals surface area contributed by atoms with Crippen LogP contribution in [0.3, 0.4) is 0 Å². The first-order valence-electron chi connectivity index (χ1n) is 41.8. The maximum atomic E-state index is 6.20. The van der Waals surface area contributed by atoms with E-state index in [1.54, 1.807) is 0 Å². The van der Waals surface area contributed by atoms with Gasteiger partial charge in [0.25, 0.3) is 0 Å². The Morgan fingerprint density at radius 2 is 0.379 bits per heavy atom. The maximum absolute atomic E-state index is 6.20. The van der Waals surface area contributed by atoms with Gasteiger partial charge in [-0.05, 0) is 245 Å². The first-order chi connectivity index (χ1) is 60.8. The van der Waals surface area contributed by atoms with Gasteiger partial charge in [0.1, 0.15) is 0 Å². The van der Waals surface area contributed by atoms with Crippen molar-refractivity contribution in [2.75, 3.05) is 14.7 Å². The number of rotatable bonds is 14. The van der Waals surface area contributed by atoms with Gasteiger partial charge in [0.05, 0.1) is 34.1 Å². The van der Waals surface area contributed by atoms with Crippen molar-refractivity contribution in [3.05, 3.63) is 396 Å². The molecule has 0 fully saturated rings. The summed E-state index contributed by atoms with van der Waals surface area (Å²) < 4.78 is 18.6. The highest BCUT2D eigenvalue weighted by molar-refractivity contribution is 5.90. The predicted molar refractivity (Wildman–Crippen MR) is 500 cm³/mol. The van der Waals surface area contributed by atoms with Gasteiger partial charge in [0.15, 0.2) is 86.9 Å². The van der Waals surface area contributed by atoms with Crippen LogP contribution in [0.15, 0.2) is 352 Å². The van der Waals surface area contributed by atoms with E-state index in [0.717, 1.165) is 149 Å². The fraction of sp³-hybridized carbons (Fsp3) is 0.0917. The lowest BCUT2D eigenvalue weighted by atomic mass is 10.0. The Morgan fingerprint density at radius 1 is 0.194 bits per heavy atom. The molecule has 15 nitrogen and oxygen atoms in total. The van der Waals surface area contributed by atoms with Gasteiger partial charge in [-0.3, -0.25) is 0 Å². The number of hydrogen-bond acceptors (Lipinski definition) is 15. The molecular weight excluding hydrogens is 1530 g/mol. The van der Waals surface area contributed by atoms with Crippen LogP contribution < -0.4 is 28.9 Å². The third kappa shape index (κ3) is 16.1. The summed E-state index contributed by atoms with van der Waals surface area (Å²) in [4.78, 5) is 51.0. The molecule has 6 heterocycles. The molecule has 15 heteroatoms. The van der Waals surface area contributed by atoms with Crippen LogP contribution in [0.4, 0.5) is 51.2 Å². The number of para-hydroxylation sites is 12. The molecule has 0 radical (unpaired) electrons. The zero-order valence-corrected chi connectivity index (χ0v) is 70.0. The number of aromatic nitrogens is 9. The van der Waals surface area contributed by atoms with E-state index < -0.39 is 0 Å². The number of fused-ring (bicyclic) bond motifs is 6. The molecule has 0 N–H and O–H groups in total. The minimum atomic E-state index is 0.635. The van der Waals surface area contributed by atoms with E-state index >= 15 is 0 Å². The Bertz CT molecular complexity index is 6650. The summed E-state index contributed by atoms with van der Waals surface area (Å²) in [5, 5.41) is 0. The van der Waals surface area contributed by atoms with Gasteiger partial charge in [-0.15, -0.1) is 0 Å². The van der Waals surface area contributed by atoms with Crippen molar-refractivity contribution in [1.82, 2.24) is 44.9 Å². The molecule has 0 amide bonds. The van der Waals surface area contributed by atoms with Gasteiger partial charge in [-0.1, -0.05) is 219 Å². The number of benzene rings is 15. The SMILES string of the molecule is CCc1ccc(-c2nc(-c3ccc(CC)cc3)nc(-c3ccc(N4c5ccccc5Oc5ccccc54)cc3)n2)cc1.Cc1ccc(-c2nc(-c3ccc(C)cc3)nc(-c3ccc(N4c5ccccc5Oc5ccccc54)cc3)n2)cc1.Cc1ccc(-c2nc(-c3ccc(N4c5ccccc5Oc5ccccc54)cc3)nc(-c3ccc(C)c(C)c3)n2)cc1C. The van der Waals surface area contributed by atoms with E-state index in [4.69, 9.17) is 59.1 Å². The van der Waals surface area contributed by atoms with Gasteiger partial charge >= 0.3 is 0 Å². The molecule has 600 valence electrons. The Labute approximate surface area is 722 Å². The van der Waals surface area contributed by atoms with Crippen molar-refractivity contribution in [3.8, 4) is 137 Å². The van der Waals surface area contributed by atoms with Crippen molar-refractivity contribution >= 4 is 51.2 Å². The number of ether oxygens (including phenoxy) is 3. The molecule has 3 aliphatic rings. The van der Waals surface area contributed by atoms with Gasteiger partial charge in [-0.2, -0.15) is 0 Å². The number of nitrogens with zero attached hydrogens (tertiary/aromatic N) is 12. The molecule has 0 saturated carbocycles. The van der Waals surface area contributed by atoms with Crippen LogP contribution in [-0.4, -0.2) is 44.9 Å². The predicted octanol–water partition coefficient (Wildman–Crippen LogP) is 28.3. The lowest BCUT2D eigenvalue weighted by Gasteiger charge is -2.32. The molecule has 3 aromatic heterocycles. The summed E-state index contributed by atoms with van der Waals surface area (Å²) >= 11 is 0. The minimum Gasteiger partial charge on any atom is -0.453 e. The Morgan fingerprint density at radius 3 is 0.589 bits per heavy atom. The molecule has 0 saturated heterocycles. The number of hydrogen-bond donors (Lipinski definition) is 0. The van der Waals surface area contributed by atoms with E-state index in [9.17, 15) is 0 Å². The van der Waals surface area contributed by atoms with Gasteiger partial charge < -0.3 is 28.9 Å². The first kappa shape index (κ1) is 78.0. The molecule has 0 atom stereocenters. The van der Waals surface area contributed by atoms with Gasteiger partial charge in [0, 0.05) is 67.1 Å². The van der Waals surface area contributed by atoms with Crippen LogP contribution in [0.2, 0.25) is 0 Å². The molecule has 15 aromatic carbocycles. The second-order valence-electron chi connectivity index (χ2n) is 31.1. The van der Waals surface area contributed by atoms with Crippen LogP contribution >= 0.6 is 0 Å². The highest BCUT2D eigenvalue weighted by Gasteiger charge is 2.30. The molecular formula is C109H86N12O3. The molecule has 0 unspecified atom stereocenters. The fourth-order valence-electron chi connectivity index (χ4n) is 15.5. The molecule has 0 spiro atoms. The van der Waals surface area contributed by atoms with Crippen LogP contribution in [0.1, 0.15) is 58.4 Å². The van der Waals surface area contributed by atoms with E-state index in [2.05, 4.69) is 313 Å². The van der Waals surface area contributed by atoms with Crippen molar-refractivity contribution in [2.45, 2.75) is 68.2 Å². The highest BCUT2D eigenvalue weighted by Crippen LogP contribution is 2.54. The summed E-state index contributed by atoms with van der Waals surface area (Å²) in [5.41, 5.74) is 27.5. The Kier molecular flexibility index (Phi) is 21.4. The number of anilines is 9. The van der Waals surface area contributed by atoms with Gasteiger partial charge in [-0.25, -0.2) is 44.9 Å². The second kappa shape index (κ2) is 34.1. The summed E-state index contributed by atoms with van der Waals surface area (Å²) in [6.45, 7) is 16.9. The van der Waals surface area contributed by atoms with Crippen LogP contribution in [-0.2, 0) is 12.8 Å². The fourth-order valence-corrected chi connectivity index (χ4v) is 15.5. The van der Waals surface area contributed by atoms with Crippen LogP contribution in [0.5, 0.6) is 34.5 Å². The molecule has 0 aliphatic carbocycles. The summed E-state index contributed by atoms with van der Waals surface area (Å²) in [6, 6.07) is 120. The largest absolute Gasteiger partial charge is 0.453 e. The quantitative estimate of drug-likeness (QED) is 0.101. The van der Waals surface area contributed by atoms with E-state index in [1.165, 1.54) is 44.5 Å². The summed E-state index contributed by atoms with van der Waals surface area (Å²) in [6.07, 6.45) is 1.98. The zero-order chi connectivity index (χ0) is 84.3. The van der Waals surface area contributed by atoms with E-state index in [1.807, 2.05) is 109 Å². The van der Waals surface area contributed by atoms with Crippen molar-refractivity contribution in [1.29, 1.82) is 0 Å². The molecule has 18 aromatic rings. The normalized spacial score (nSPS) is 11.9. The van der Waals surface area contributed by atoms with Crippen LogP contribution in [0, 0.1) is 41.5 Å². The second-order valence-corrected chi connectivity index (χ2v) is 31.1. The molecule has 124 heavy (non-hydrogen) atoms.